The van der Waals surface area contributed by atoms with Gasteiger partial charge in [0.1, 0.15) is 0 Å². The number of nitrogens with zero attached hydrogens (tertiary/aromatic N) is 1. The van der Waals surface area contributed by atoms with Crippen LogP contribution in [0.2, 0.25) is 10.0 Å². The first-order valence-corrected chi connectivity index (χ1v) is 9.89. The molecule has 1 heterocycles. The Balaban J connectivity index is 1.99. The zero-order valence-electron chi connectivity index (χ0n) is 14.6. The Morgan fingerprint density at radius 3 is 2.77 bits per heavy atom. The number of carbonyl (C=O) groups excluding carboxylic acids is 1. The summed E-state index contributed by atoms with van der Waals surface area (Å²) in [5.74, 6) is 0.545. The first kappa shape index (κ1) is 19.5. The molecule has 2 aromatic carbocycles. The predicted octanol–water partition coefficient (Wildman–Crippen LogP) is 5.53. The minimum atomic E-state index is -0.0217. The van der Waals surface area contributed by atoms with Crippen LogP contribution < -0.4 is 5.32 Å². The molecular weight excluding hydrogens is 391 g/mol. The Morgan fingerprint density at radius 2 is 2.00 bits per heavy atom. The number of carbonyl (C=O) groups is 1. The van der Waals surface area contributed by atoms with Crippen LogP contribution in [-0.2, 0) is 11.3 Å². The summed E-state index contributed by atoms with van der Waals surface area (Å²) in [6.45, 7) is 1.62. The minimum Gasteiger partial charge on any atom is -0.326 e. The minimum absolute atomic E-state index is 0.0217. The number of benzene rings is 2. The molecule has 1 aliphatic rings. The van der Waals surface area contributed by atoms with Gasteiger partial charge < -0.3 is 10.2 Å². The van der Waals surface area contributed by atoms with Crippen LogP contribution in [0.1, 0.15) is 35.4 Å². The molecule has 1 unspecified atom stereocenters. The summed E-state index contributed by atoms with van der Waals surface area (Å²) in [4.78, 5) is 14.4. The lowest BCUT2D eigenvalue weighted by Gasteiger charge is -2.34. The number of amides is 1. The van der Waals surface area contributed by atoms with Crippen molar-refractivity contribution in [3.63, 3.8) is 0 Å². The Morgan fingerprint density at radius 1 is 1.23 bits per heavy atom. The number of hydrogen-bond donors (Lipinski definition) is 1. The molecule has 26 heavy (non-hydrogen) atoms. The molecule has 3 nitrogen and oxygen atoms in total. The number of nitrogens with one attached hydrogen (secondary N) is 1. The number of hydrogen-bond acceptors (Lipinski definition) is 2. The molecular formula is C20H21Cl3N2O. The van der Waals surface area contributed by atoms with Crippen molar-refractivity contribution in [3.8, 4) is 0 Å². The molecule has 1 N–H and O–H groups in total. The second-order valence-corrected chi connectivity index (χ2v) is 7.85. The fraction of sp³-hybridized carbons (Fsp3) is 0.350. The van der Waals surface area contributed by atoms with E-state index in [9.17, 15) is 4.79 Å². The van der Waals surface area contributed by atoms with Gasteiger partial charge in [-0.15, -0.1) is 11.6 Å². The second-order valence-electron chi connectivity index (χ2n) is 6.63. The quantitative estimate of drug-likeness (QED) is 0.656. The molecule has 0 radical (unpaired) electrons. The van der Waals surface area contributed by atoms with Gasteiger partial charge in [-0.2, -0.15) is 0 Å². The van der Waals surface area contributed by atoms with Crippen molar-refractivity contribution in [1.82, 2.24) is 4.90 Å². The molecule has 0 spiro atoms. The highest BCUT2D eigenvalue weighted by Crippen LogP contribution is 2.40. The highest BCUT2D eigenvalue weighted by molar-refractivity contribution is 6.35. The van der Waals surface area contributed by atoms with E-state index in [2.05, 4.69) is 23.3 Å². The maximum atomic E-state index is 12.2. The van der Waals surface area contributed by atoms with E-state index in [0.29, 0.717) is 28.8 Å². The van der Waals surface area contributed by atoms with Gasteiger partial charge in [0.25, 0.3) is 0 Å². The van der Waals surface area contributed by atoms with Crippen molar-refractivity contribution in [2.75, 3.05) is 24.8 Å². The number of halogens is 3. The molecule has 138 valence electrons. The third-order valence-electron chi connectivity index (χ3n) is 4.64. The highest BCUT2D eigenvalue weighted by atomic mass is 35.5. The number of rotatable bonds is 5. The average Bonchev–Trinajstić information content (AvgIpc) is 2.60. The summed E-state index contributed by atoms with van der Waals surface area (Å²) in [6, 6.07) is 11.7. The Hall–Kier alpha value is -1.26. The summed E-state index contributed by atoms with van der Waals surface area (Å²) in [5.41, 5.74) is 4.12. The average molecular weight is 412 g/mol. The Labute approximate surface area is 169 Å². The van der Waals surface area contributed by atoms with E-state index in [4.69, 9.17) is 34.8 Å². The first-order chi connectivity index (χ1) is 12.5. The van der Waals surface area contributed by atoms with E-state index >= 15 is 0 Å². The van der Waals surface area contributed by atoms with Gasteiger partial charge in [-0.05, 0) is 48.4 Å². The summed E-state index contributed by atoms with van der Waals surface area (Å²) < 4.78 is 0. The highest BCUT2D eigenvalue weighted by Gasteiger charge is 2.28. The zero-order valence-corrected chi connectivity index (χ0v) is 16.8. The van der Waals surface area contributed by atoms with Gasteiger partial charge in [0.2, 0.25) is 5.91 Å². The van der Waals surface area contributed by atoms with Crippen LogP contribution in [0.25, 0.3) is 0 Å². The van der Waals surface area contributed by atoms with Crippen LogP contribution in [0.5, 0.6) is 0 Å². The second kappa shape index (κ2) is 8.62. The third-order valence-corrected chi connectivity index (χ3v) is 5.46. The normalized spacial score (nSPS) is 17.0. The molecule has 0 fully saturated rings. The molecule has 1 atom stereocenters. The first-order valence-electron chi connectivity index (χ1n) is 8.60. The van der Waals surface area contributed by atoms with Crippen LogP contribution in [0.4, 0.5) is 5.69 Å². The molecule has 0 aliphatic carbocycles. The van der Waals surface area contributed by atoms with Gasteiger partial charge in [0, 0.05) is 47.0 Å². The van der Waals surface area contributed by atoms with Crippen molar-refractivity contribution in [2.24, 2.45) is 0 Å². The van der Waals surface area contributed by atoms with E-state index < -0.39 is 0 Å². The van der Waals surface area contributed by atoms with Crippen LogP contribution in [-0.4, -0.2) is 30.3 Å². The van der Waals surface area contributed by atoms with Crippen molar-refractivity contribution >= 4 is 46.4 Å². The van der Waals surface area contributed by atoms with Crippen LogP contribution >= 0.6 is 34.8 Å². The molecule has 1 amide bonds. The molecule has 0 bridgehead atoms. The fourth-order valence-corrected chi connectivity index (χ4v) is 4.17. The topological polar surface area (TPSA) is 32.3 Å². The fourth-order valence-electron chi connectivity index (χ4n) is 3.47. The predicted molar refractivity (Wildman–Crippen MR) is 110 cm³/mol. The number of fused-ring (bicyclic) bond motifs is 1. The molecule has 3 rings (SSSR count). The maximum absolute atomic E-state index is 12.2. The van der Waals surface area contributed by atoms with Crippen LogP contribution in [0.15, 0.2) is 36.4 Å². The monoisotopic (exact) mass is 410 g/mol. The van der Waals surface area contributed by atoms with Gasteiger partial charge in [-0.25, -0.2) is 0 Å². The van der Waals surface area contributed by atoms with E-state index in [0.717, 1.165) is 35.5 Å². The SMILES string of the molecule is CN1Cc2c(Cl)cc(Cl)cc2C(c2ccccc2NC(=O)CCCCl)C1. The van der Waals surface area contributed by atoms with Gasteiger partial charge in [-0.3, -0.25) is 4.79 Å². The molecule has 1 aliphatic heterocycles. The summed E-state index contributed by atoms with van der Waals surface area (Å²) in [6.07, 6.45) is 1.08. The molecule has 0 saturated heterocycles. The lowest BCUT2D eigenvalue weighted by atomic mass is 9.84. The lowest BCUT2D eigenvalue weighted by molar-refractivity contribution is -0.116. The van der Waals surface area contributed by atoms with Gasteiger partial charge >= 0.3 is 0 Å². The van der Waals surface area contributed by atoms with E-state index in [-0.39, 0.29) is 11.8 Å². The van der Waals surface area contributed by atoms with E-state index in [1.54, 1.807) is 6.07 Å². The number of anilines is 1. The zero-order chi connectivity index (χ0) is 18.7. The van der Waals surface area contributed by atoms with E-state index in [1.807, 2.05) is 24.3 Å². The Bertz CT molecular complexity index is 810. The van der Waals surface area contributed by atoms with Gasteiger partial charge in [0.05, 0.1) is 0 Å². The summed E-state index contributed by atoms with van der Waals surface area (Å²) >= 11 is 18.4. The molecule has 6 heteroatoms. The van der Waals surface area contributed by atoms with Crippen molar-refractivity contribution < 1.29 is 4.79 Å². The van der Waals surface area contributed by atoms with Crippen LogP contribution in [0.3, 0.4) is 0 Å². The third kappa shape index (κ3) is 4.34. The van der Waals surface area contributed by atoms with Crippen molar-refractivity contribution in [1.29, 1.82) is 0 Å². The number of likely N-dealkylation sites (N-methyl/N-ethyl adjacent to an activating group) is 1. The number of alkyl halides is 1. The lowest BCUT2D eigenvalue weighted by Crippen LogP contribution is -2.31. The molecule has 0 saturated carbocycles. The van der Waals surface area contributed by atoms with Gasteiger partial charge in [-0.1, -0.05) is 41.4 Å². The van der Waals surface area contributed by atoms with E-state index in [1.165, 1.54) is 0 Å². The number of para-hydroxylation sites is 1. The van der Waals surface area contributed by atoms with Gasteiger partial charge in [0.15, 0.2) is 0 Å². The van der Waals surface area contributed by atoms with Crippen LogP contribution in [0, 0.1) is 0 Å². The van der Waals surface area contributed by atoms with Crippen molar-refractivity contribution in [2.45, 2.75) is 25.3 Å². The standard InChI is InChI=1S/C20H21Cl3N2O/c1-25-11-16(15-9-13(22)10-18(23)17(15)12-25)14-5-2-3-6-19(14)24-20(26)7-4-8-21/h2-3,5-6,9-10,16H,4,7-8,11-12H2,1H3,(H,24,26). The summed E-state index contributed by atoms with van der Waals surface area (Å²) in [7, 11) is 2.07. The largest absolute Gasteiger partial charge is 0.326 e. The smallest absolute Gasteiger partial charge is 0.224 e. The molecule has 0 aromatic heterocycles. The Kier molecular flexibility index (Phi) is 6.46. The summed E-state index contributed by atoms with van der Waals surface area (Å²) in [5, 5.41) is 4.35. The molecule has 2 aromatic rings. The maximum Gasteiger partial charge on any atom is 0.224 e. The van der Waals surface area contributed by atoms with Crippen molar-refractivity contribution in [3.05, 3.63) is 63.1 Å².